The number of aliphatic hydroxyl groups excluding tert-OH is 1. The van der Waals surface area contributed by atoms with Gasteiger partial charge in [0.2, 0.25) is 5.95 Å². The number of nitrogens with one attached hydrogen (secondary N) is 1. The monoisotopic (exact) mass is 441 g/mol. The third-order valence-electron chi connectivity index (χ3n) is 6.29. The lowest BCUT2D eigenvalue weighted by Gasteiger charge is -2.23. The maximum absolute atomic E-state index is 13.3. The van der Waals surface area contributed by atoms with Crippen molar-refractivity contribution >= 4 is 17.1 Å². The minimum atomic E-state index is -0.464. The fraction of sp³-hybridized carbons (Fsp3) is 0.522. The van der Waals surface area contributed by atoms with E-state index in [1.54, 1.807) is 13.0 Å². The van der Waals surface area contributed by atoms with Gasteiger partial charge in [-0.05, 0) is 43.9 Å². The van der Waals surface area contributed by atoms with Crippen LogP contribution in [0.3, 0.4) is 0 Å². The topological polar surface area (TPSA) is 114 Å². The molecular formula is C23H31N5O4. The molecule has 2 heterocycles. The minimum absolute atomic E-state index is 0.0633. The molecule has 0 atom stereocenters. The summed E-state index contributed by atoms with van der Waals surface area (Å²) in [6.07, 6.45) is 5.58. The molecule has 0 radical (unpaired) electrons. The molecule has 0 amide bonds. The predicted octanol–water partition coefficient (Wildman–Crippen LogP) is 2.18. The molecule has 172 valence electrons. The van der Waals surface area contributed by atoms with E-state index in [1.807, 2.05) is 23.6 Å². The quantitative estimate of drug-likeness (QED) is 0.518. The number of nitrogens with zero attached hydrogens (tertiary/aromatic N) is 4. The molecule has 1 saturated carbocycles. The highest BCUT2D eigenvalue weighted by atomic mass is 16.3. The molecule has 2 aromatic heterocycles. The van der Waals surface area contributed by atoms with Crippen LogP contribution in [-0.4, -0.2) is 41.5 Å². The van der Waals surface area contributed by atoms with Gasteiger partial charge < -0.3 is 15.5 Å². The van der Waals surface area contributed by atoms with Gasteiger partial charge in [-0.3, -0.25) is 18.5 Å². The fourth-order valence-electron chi connectivity index (χ4n) is 4.56. The average molecular weight is 442 g/mol. The highest BCUT2D eigenvalue weighted by Gasteiger charge is 2.23. The number of phenols is 1. The summed E-state index contributed by atoms with van der Waals surface area (Å²) >= 11 is 0. The van der Waals surface area contributed by atoms with Crippen molar-refractivity contribution in [1.29, 1.82) is 0 Å². The molecule has 0 saturated heterocycles. The van der Waals surface area contributed by atoms with Crippen LogP contribution in [0.5, 0.6) is 5.75 Å². The smallest absolute Gasteiger partial charge is 0.332 e. The number of anilines is 1. The van der Waals surface area contributed by atoms with E-state index in [9.17, 15) is 19.8 Å². The van der Waals surface area contributed by atoms with Gasteiger partial charge >= 0.3 is 5.69 Å². The Labute approximate surface area is 186 Å². The van der Waals surface area contributed by atoms with E-state index < -0.39 is 5.69 Å². The molecule has 9 nitrogen and oxygen atoms in total. The summed E-state index contributed by atoms with van der Waals surface area (Å²) in [4.78, 5) is 30.9. The zero-order valence-electron chi connectivity index (χ0n) is 18.7. The van der Waals surface area contributed by atoms with Crippen molar-refractivity contribution in [2.75, 3.05) is 11.9 Å². The zero-order valence-corrected chi connectivity index (χ0v) is 18.7. The van der Waals surface area contributed by atoms with Crippen LogP contribution in [0.1, 0.15) is 50.2 Å². The largest absolute Gasteiger partial charge is 0.508 e. The van der Waals surface area contributed by atoms with Gasteiger partial charge in [-0.2, -0.15) is 4.98 Å². The summed E-state index contributed by atoms with van der Waals surface area (Å²) in [5.41, 5.74) is 1.43. The van der Waals surface area contributed by atoms with Crippen LogP contribution in [0.25, 0.3) is 11.2 Å². The molecule has 3 aromatic rings. The van der Waals surface area contributed by atoms with E-state index in [-0.39, 0.29) is 42.7 Å². The van der Waals surface area contributed by atoms with Crippen LogP contribution in [0.15, 0.2) is 27.8 Å². The number of aromatic nitrogens is 4. The second-order valence-electron chi connectivity index (χ2n) is 8.50. The van der Waals surface area contributed by atoms with Gasteiger partial charge in [-0.25, -0.2) is 4.79 Å². The fourth-order valence-corrected chi connectivity index (χ4v) is 4.56. The number of imidazole rings is 1. The molecule has 3 N–H and O–H groups in total. The molecule has 0 unspecified atom stereocenters. The molecule has 9 heteroatoms. The van der Waals surface area contributed by atoms with Crippen LogP contribution < -0.4 is 16.6 Å². The lowest BCUT2D eigenvalue weighted by Crippen LogP contribution is -2.40. The van der Waals surface area contributed by atoms with E-state index in [1.165, 1.54) is 15.6 Å². The summed E-state index contributed by atoms with van der Waals surface area (Å²) < 4.78 is 4.39. The number of phenolic OH excluding ortho intramolecular Hbond substituents is 1. The molecule has 1 aliphatic rings. The van der Waals surface area contributed by atoms with Crippen molar-refractivity contribution in [3.8, 4) is 5.75 Å². The summed E-state index contributed by atoms with van der Waals surface area (Å²) in [6.45, 7) is 4.01. The summed E-state index contributed by atoms with van der Waals surface area (Å²) in [7, 11) is 0. The maximum atomic E-state index is 13.3. The first-order valence-corrected chi connectivity index (χ1v) is 11.3. The number of rotatable bonds is 7. The normalized spacial score (nSPS) is 14.8. The highest BCUT2D eigenvalue weighted by Crippen LogP contribution is 2.25. The van der Waals surface area contributed by atoms with E-state index >= 15 is 0 Å². The van der Waals surface area contributed by atoms with Gasteiger partial charge in [0.05, 0.1) is 19.7 Å². The van der Waals surface area contributed by atoms with E-state index in [4.69, 9.17) is 4.98 Å². The molecule has 0 aliphatic heterocycles. The van der Waals surface area contributed by atoms with Crippen LogP contribution in [0, 0.1) is 6.92 Å². The number of aromatic hydroxyl groups is 1. The molecule has 0 bridgehead atoms. The van der Waals surface area contributed by atoms with Crippen LogP contribution in [0.4, 0.5) is 5.95 Å². The second-order valence-corrected chi connectivity index (χ2v) is 8.50. The second kappa shape index (κ2) is 9.20. The number of aliphatic hydroxyl groups is 1. The minimum Gasteiger partial charge on any atom is -0.508 e. The number of benzene rings is 1. The molecule has 1 aliphatic carbocycles. The highest BCUT2D eigenvalue weighted by molar-refractivity contribution is 5.74. The Morgan fingerprint density at radius 2 is 1.88 bits per heavy atom. The number of aryl methyl sites for hydroxylation is 1. The van der Waals surface area contributed by atoms with Crippen molar-refractivity contribution < 1.29 is 10.2 Å². The number of hydrogen-bond acceptors (Lipinski definition) is 6. The van der Waals surface area contributed by atoms with Crippen molar-refractivity contribution in [3.05, 3.63) is 50.2 Å². The van der Waals surface area contributed by atoms with Crippen molar-refractivity contribution in [2.24, 2.45) is 0 Å². The van der Waals surface area contributed by atoms with Crippen LogP contribution >= 0.6 is 0 Å². The van der Waals surface area contributed by atoms with Gasteiger partial charge in [0.25, 0.3) is 5.56 Å². The third kappa shape index (κ3) is 4.04. The number of hydrogen-bond donors (Lipinski definition) is 3. The van der Waals surface area contributed by atoms with Crippen LogP contribution in [-0.2, 0) is 19.6 Å². The molecular weight excluding hydrogens is 410 g/mol. The Balaban J connectivity index is 1.92. The SMILES string of the molecule is CCn1c(=O)c2c(nc(NC3CCCCC3)n2Cc2ccc(O)c(C)c2)n(CCO)c1=O. The van der Waals surface area contributed by atoms with Crippen molar-refractivity contribution in [3.63, 3.8) is 0 Å². The van der Waals surface area contributed by atoms with E-state index in [0.717, 1.165) is 36.8 Å². The first-order chi connectivity index (χ1) is 15.4. The first kappa shape index (κ1) is 22.1. The van der Waals surface area contributed by atoms with Gasteiger partial charge in [0.15, 0.2) is 11.2 Å². The molecule has 0 spiro atoms. The first-order valence-electron chi connectivity index (χ1n) is 11.3. The van der Waals surface area contributed by atoms with Gasteiger partial charge in [0, 0.05) is 12.6 Å². The molecule has 1 fully saturated rings. The van der Waals surface area contributed by atoms with E-state index in [0.29, 0.717) is 18.0 Å². The average Bonchev–Trinajstić information content (AvgIpc) is 3.12. The van der Waals surface area contributed by atoms with Gasteiger partial charge in [0.1, 0.15) is 5.75 Å². The summed E-state index contributed by atoms with van der Waals surface area (Å²) in [5, 5.41) is 23.0. The molecule has 32 heavy (non-hydrogen) atoms. The lowest BCUT2D eigenvalue weighted by atomic mass is 9.96. The Hall–Kier alpha value is -3.07. The third-order valence-corrected chi connectivity index (χ3v) is 6.29. The van der Waals surface area contributed by atoms with Gasteiger partial charge in [-0.15, -0.1) is 0 Å². The van der Waals surface area contributed by atoms with Crippen molar-refractivity contribution in [2.45, 2.75) is 71.6 Å². The maximum Gasteiger partial charge on any atom is 0.332 e. The zero-order chi connectivity index (χ0) is 22.8. The summed E-state index contributed by atoms with van der Waals surface area (Å²) in [5.74, 6) is 0.768. The van der Waals surface area contributed by atoms with E-state index in [2.05, 4.69) is 5.32 Å². The standard InChI is InChI=1S/C23H31N5O4/c1-3-26-21(31)19-20(27(11-12-29)23(26)32)25-22(24-17-7-5-4-6-8-17)28(19)14-16-9-10-18(30)15(2)13-16/h9-10,13,17,29-30H,3-8,11-12,14H2,1-2H3,(H,24,25). The lowest BCUT2D eigenvalue weighted by molar-refractivity contribution is 0.274. The Kier molecular flexibility index (Phi) is 6.36. The van der Waals surface area contributed by atoms with Crippen LogP contribution in [0.2, 0.25) is 0 Å². The Morgan fingerprint density at radius 1 is 1.12 bits per heavy atom. The van der Waals surface area contributed by atoms with Crippen molar-refractivity contribution in [1.82, 2.24) is 18.7 Å². The Bertz CT molecular complexity index is 1230. The van der Waals surface area contributed by atoms with Gasteiger partial charge in [-0.1, -0.05) is 31.4 Å². The summed E-state index contributed by atoms with van der Waals surface area (Å²) in [6, 6.07) is 5.60. The molecule has 1 aromatic carbocycles. The molecule has 4 rings (SSSR count). The number of fused-ring (bicyclic) bond motifs is 1. The Morgan fingerprint density at radius 3 is 2.53 bits per heavy atom. The predicted molar refractivity (Wildman–Crippen MR) is 123 cm³/mol.